The molecule has 1 aliphatic rings. The van der Waals surface area contributed by atoms with E-state index in [0.29, 0.717) is 12.5 Å². The first-order valence-corrected chi connectivity index (χ1v) is 7.02. The van der Waals surface area contributed by atoms with E-state index < -0.39 is 17.5 Å². The number of carbonyl (C=O) groups excluding carboxylic acids is 1. The number of benzene rings is 1. The maximum atomic E-state index is 13.6. The van der Waals surface area contributed by atoms with Gasteiger partial charge in [-0.2, -0.15) is 0 Å². The first kappa shape index (κ1) is 14.9. The third-order valence-electron chi connectivity index (χ3n) is 3.73. The number of rotatable bonds is 4. The van der Waals surface area contributed by atoms with E-state index in [1.807, 2.05) is 0 Å². The van der Waals surface area contributed by atoms with Crippen LogP contribution >= 0.6 is 0 Å². The molecule has 0 spiro atoms. The van der Waals surface area contributed by atoms with Crippen LogP contribution in [0.25, 0.3) is 0 Å². The summed E-state index contributed by atoms with van der Waals surface area (Å²) in [6.45, 7) is 4.06. The van der Waals surface area contributed by atoms with Gasteiger partial charge in [-0.3, -0.25) is 4.79 Å². The van der Waals surface area contributed by atoms with Crippen molar-refractivity contribution in [3.8, 4) is 0 Å². The average molecular weight is 282 g/mol. The van der Waals surface area contributed by atoms with E-state index in [1.54, 1.807) is 0 Å². The number of aryl methyl sites for hydroxylation is 1. The van der Waals surface area contributed by atoms with Crippen molar-refractivity contribution in [3.05, 3.63) is 34.9 Å². The van der Waals surface area contributed by atoms with E-state index >= 15 is 0 Å². The highest BCUT2D eigenvalue weighted by Gasteiger charge is 2.16. The van der Waals surface area contributed by atoms with Crippen molar-refractivity contribution < 1.29 is 13.6 Å². The van der Waals surface area contributed by atoms with E-state index in [-0.39, 0.29) is 11.1 Å². The molecule has 20 heavy (non-hydrogen) atoms. The lowest BCUT2D eigenvalue weighted by atomic mass is 9.96. The first-order chi connectivity index (χ1) is 9.58. The second kappa shape index (κ2) is 6.79. The molecule has 3 nitrogen and oxygen atoms in total. The van der Waals surface area contributed by atoms with E-state index in [9.17, 15) is 13.6 Å². The fraction of sp³-hybridized carbons (Fsp3) is 0.533. The van der Waals surface area contributed by atoms with Crippen LogP contribution in [0.5, 0.6) is 0 Å². The van der Waals surface area contributed by atoms with E-state index in [2.05, 4.69) is 10.6 Å². The molecule has 1 fully saturated rings. The Bertz CT molecular complexity index is 485. The molecule has 0 radical (unpaired) electrons. The Morgan fingerprint density at radius 2 is 2.20 bits per heavy atom. The van der Waals surface area contributed by atoms with Crippen LogP contribution < -0.4 is 10.6 Å². The fourth-order valence-electron chi connectivity index (χ4n) is 2.49. The van der Waals surface area contributed by atoms with Gasteiger partial charge in [0.1, 0.15) is 11.6 Å². The third kappa shape index (κ3) is 3.76. The van der Waals surface area contributed by atoms with E-state index in [0.717, 1.165) is 38.4 Å². The van der Waals surface area contributed by atoms with E-state index in [4.69, 9.17) is 0 Å². The van der Waals surface area contributed by atoms with Crippen molar-refractivity contribution in [2.75, 3.05) is 19.6 Å². The summed E-state index contributed by atoms with van der Waals surface area (Å²) in [4.78, 5) is 11.9. The van der Waals surface area contributed by atoms with Crippen LogP contribution in [0.2, 0.25) is 0 Å². The summed E-state index contributed by atoms with van der Waals surface area (Å²) in [5.41, 5.74) is 0.179. The highest BCUT2D eigenvalue weighted by Crippen LogP contribution is 2.15. The number of hydrogen-bond donors (Lipinski definition) is 2. The quantitative estimate of drug-likeness (QED) is 0.890. The molecule has 1 aromatic rings. The Balaban J connectivity index is 1.87. The Morgan fingerprint density at radius 1 is 1.40 bits per heavy atom. The summed E-state index contributed by atoms with van der Waals surface area (Å²) in [5, 5.41) is 6.02. The Kier molecular flexibility index (Phi) is 5.06. The average Bonchev–Trinajstić information content (AvgIpc) is 2.44. The lowest BCUT2D eigenvalue weighted by Gasteiger charge is -2.22. The molecule has 2 N–H and O–H groups in total. The van der Waals surface area contributed by atoms with Gasteiger partial charge in [0.15, 0.2) is 0 Å². The van der Waals surface area contributed by atoms with Gasteiger partial charge in [-0.25, -0.2) is 8.78 Å². The summed E-state index contributed by atoms with van der Waals surface area (Å²) >= 11 is 0. The van der Waals surface area contributed by atoms with Gasteiger partial charge >= 0.3 is 0 Å². The number of amides is 1. The topological polar surface area (TPSA) is 41.1 Å². The minimum atomic E-state index is -0.815. The van der Waals surface area contributed by atoms with Crippen molar-refractivity contribution in [3.63, 3.8) is 0 Å². The predicted molar refractivity (Wildman–Crippen MR) is 73.6 cm³/mol. The monoisotopic (exact) mass is 282 g/mol. The van der Waals surface area contributed by atoms with Crippen LogP contribution in [-0.2, 0) is 0 Å². The summed E-state index contributed by atoms with van der Waals surface area (Å²) in [7, 11) is 0. The van der Waals surface area contributed by atoms with Gasteiger partial charge < -0.3 is 10.6 Å². The molecule has 0 saturated carbocycles. The molecular formula is C15H20F2N2O. The molecule has 1 amide bonds. The molecule has 2 rings (SSSR count). The van der Waals surface area contributed by atoms with Gasteiger partial charge in [-0.05, 0) is 56.8 Å². The molecule has 110 valence electrons. The molecule has 0 aliphatic carbocycles. The number of carbonyl (C=O) groups is 1. The number of halogens is 2. The van der Waals surface area contributed by atoms with Crippen LogP contribution in [0.1, 0.15) is 35.2 Å². The lowest BCUT2D eigenvalue weighted by molar-refractivity contribution is 0.0946. The number of hydrogen-bond acceptors (Lipinski definition) is 2. The minimum absolute atomic E-state index is 0.0920. The second-order valence-electron chi connectivity index (χ2n) is 5.34. The summed E-state index contributed by atoms with van der Waals surface area (Å²) in [6, 6.07) is 2.01. The van der Waals surface area contributed by atoms with Crippen molar-refractivity contribution in [2.45, 2.75) is 26.2 Å². The normalized spacial score (nSPS) is 18.9. The smallest absolute Gasteiger partial charge is 0.254 e. The highest BCUT2D eigenvalue weighted by molar-refractivity contribution is 5.94. The maximum Gasteiger partial charge on any atom is 0.254 e. The van der Waals surface area contributed by atoms with Gasteiger partial charge in [-0.1, -0.05) is 0 Å². The Labute approximate surface area is 117 Å². The maximum absolute atomic E-state index is 13.6. The SMILES string of the molecule is Cc1cc(C(=O)NCCC2CCCNC2)c(F)cc1F. The Morgan fingerprint density at radius 3 is 2.90 bits per heavy atom. The highest BCUT2D eigenvalue weighted by atomic mass is 19.1. The fourth-order valence-corrected chi connectivity index (χ4v) is 2.49. The minimum Gasteiger partial charge on any atom is -0.352 e. The molecule has 1 saturated heterocycles. The van der Waals surface area contributed by atoms with E-state index in [1.165, 1.54) is 13.0 Å². The van der Waals surface area contributed by atoms with Gasteiger partial charge in [0.25, 0.3) is 5.91 Å². The van der Waals surface area contributed by atoms with Crippen molar-refractivity contribution in [1.29, 1.82) is 0 Å². The van der Waals surface area contributed by atoms with Crippen molar-refractivity contribution >= 4 is 5.91 Å². The Hall–Kier alpha value is -1.49. The first-order valence-electron chi connectivity index (χ1n) is 7.02. The molecule has 1 atom stereocenters. The summed E-state index contributed by atoms with van der Waals surface area (Å²) in [5.74, 6) is -1.37. The van der Waals surface area contributed by atoms with Crippen LogP contribution in [0, 0.1) is 24.5 Å². The van der Waals surface area contributed by atoms with Gasteiger partial charge in [0.2, 0.25) is 0 Å². The molecule has 1 heterocycles. The zero-order chi connectivity index (χ0) is 14.5. The van der Waals surface area contributed by atoms with Crippen LogP contribution in [0.4, 0.5) is 8.78 Å². The third-order valence-corrected chi connectivity index (χ3v) is 3.73. The molecule has 1 unspecified atom stereocenters. The molecule has 1 aliphatic heterocycles. The predicted octanol–water partition coefficient (Wildman–Crippen LogP) is 2.39. The van der Waals surface area contributed by atoms with Crippen LogP contribution in [0.15, 0.2) is 12.1 Å². The van der Waals surface area contributed by atoms with Crippen LogP contribution in [-0.4, -0.2) is 25.5 Å². The molecule has 0 aromatic heterocycles. The zero-order valence-corrected chi connectivity index (χ0v) is 11.6. The number of nitrogens with one attached hydrogen (secondary N) is 2. The zero-order valence-electron chi connectivity index (χ0n) is 11.6. The molecule has 1 aromatic carbocycles. The largest absolute Gasteiger partial charge is 0.352 e. The van der Waals surface area contributed by atoms with Gasteiger partial charge in [-0.15, -0.1) is 0 Å². The number of piperidine rings is 1. The van der Waals surface area contributed by atoms with Crippen molar-refractivity contribution in [2.24, 2.45) is 5.92 Å². The lowest BCUT2D eigenvalue weighted by Crippen LogP contribution is -2.33. The standard InChI is InChI=1S/C15H20F2N2O/c1-10-7-12(14(17)8-13(10)16)15(20)19-6-4-11-3-2-5-18-9-11/h7-8,11,18H,2-6,9H2,1H3,(H,19,20). The van der Waals surface area contributed by atoms with Crippen molar-refractivity contribution in [1.82, 2.24) is 10.6 Å². The molecule has 5 heteroatoms. The van der Waals surface area contributed by atoms with Crippen LogP contribution in [0.3, 0.4) is 0 Å². The second-order valence-corrected chi connectivity index (χ2v) is 5.34. The molecular weight excluding hydrogens is 262 g/mol. The van der Waals surface area contributed by atoms with Gasteiger partial charge in [0, 0.05) is 12.6 Å². The summed E-state index contributed by atoms with van der Waals surface area (Å²) < 4.78 is 26.7. The van der Waals surface area contributed by atoms with Gasteiger partial charge in [0.05, 0.1) is 5.56 Å². The summed E-state index contributed by atoms with van der Waals surface area (Å²) in [6.07, 6.45) is 3.19. The molecule has 0 bridgehead atoms.